The zero-order chi connectivity index (χ0) is 11.4. The fourth-order valence-corrected chi connectivity index (χ4v) is 1.50. The maximum Gasteiger partial charge on any atom is 0.248 e. The van der Waals surface area contributed by atoms with Gasteiger partial charge in [-0.15, -0.1) is 0 Å². The Bertz CT molecular complexity index is 256. The number of amides is 2. The zero-order valence-corrected chi connectivity index (χ0v) is 8.60. The molecule has 0 aromatic heterocycles. The highest BCUT2D eigenvalue weighted by Crippen LogP contribution is 2.20. The van der Waals surface area contributed by atoms with Gasteiger partial charge in [-0.3, -0.25) is 9.59 Å². The molecule has 1 aliphatic heterocycles. The van der Waals surface area contributed by atoms with Crippen molar-refractivity contribution in [2.24, 2.45) is 11.7 Å². The highest BCUT2D eigenvalue weighted by molar-refractivity contribution is 5.82. The van der Waals surface area contributed by atoms with Crippen LogP contribution in [0.1, 0.15) is 13.3 Å². The minimum absolute atomic E-state index is 0.115. The van der Waals surface area contributed by atoms with E-state index in [-0.39, 0.29) is 24.5 Å². The fourth-order valence-electron chi connectivity index (χ4n) is 1.50. The summed E-state index contributed by atoms with van der Waals surface area (Å²) in [5.41, 5.74) is 4.84. The zero-order valence-electron chi connectivity index (χ0n) is 8.60. The van der Waals surface area contributed by atoms with Crippen LogP contribution in [0, 0.1) is 5.92 Å². The van der Waals surface area contributed by atoms with Gasteiger partial charge in [0.05, 0.1) is 18.6 Å². The Morgan fingerprint density at radius 3 is 2.80 bits per heavy atom. The van der Waals surface area contributed by atoms with Gasteiger partial charge in [-0.2, -0.15) is 0 Å². The number of primary amides is 1. The van der Waals surface area contributed by atoms with Crippen LogP contribution in [0.25, 0.3) is 0 Å². The predicted octanol–water partition coefficient (Wildman–Crippen LogP) is -1.63. The van der Waals surface area contributed by atoms with E-state index >= 15 is 0 Å². The highest BCUT2D eigenvalue weighted by atomic mass is 16.5. The summed E-state index contributed by atoms with van der Waals surface area (Å²) in [5, 5.41) is 11.5. The van der Waals surface area contributed by atoms with Crippen molar-refractivity contribution in [3.63, 3.8) is 0 Å². The number of nitrogens with one attached hydrogen (secondary N) is 1. The summed E-state index contributed by atoms with van der Waals surface area (Å²) < 4.78 is 5.23. The van der Waals surface area contributed by atoms with E-state index in [1.165, 1.54) is 0 Å². The number of carbonyl (C=O) groups excluding carboxylic acids is 2. The van der Waals surface area contributed by atoms with Crippen molar-refractivity contribution in [1.82, 2.24) is 5.32 Å². The first-order chi connectivity index (χ1) is 7.02. The van der Waals surface area contributed by atoms with Crippen LogP contribution in [0.3, 0.4) is 0 Å². The van der Waals surface area contributed by atoms with Gasteiger partial charge < -0.3 is 20.9 Å². The van der Waals surface area contributed by atoms with Gasteiger partial charge in [0.25, 0.3) is 0 Å². The smallest absolute Gasteiger partial charge is 0.248 e. The van der Waals surface area contributed by atoms with Gasteiger partial charge in [-0.25, -0.2) is 0 Å². The van der Waals surface area contributed by atoms with E-state index in [2.05, 4.69) is 5.32 Å². The molecule has 0 radical (unpaired) electrons. The monoisotopic (exact) mass is 216 g/mol. The van der Waals surface area contributed by atoms with E-state index in [9.17, 15) is 9.59 Å². The normalized spacial score (nSPS) is 27.3. The van der Waals surface area contributed by atoms with Crippen molar-refractivity contribution < 1.29 is 19.4 Å². The molecule has 0 saturated carbocycles. The molecule has 86 valence electrons. The second-order valence-electron chi connectivity index (χ2n) is 3.63. The Labute approximate surface area is 87.8 Å². The number of hydrogen-bond donors (Lipinski definition) is 3. The average Bonchev–Trinajstić information content (AvgIpc) is 2.60. The molecule has 3 atom stereocenters. The Morgan fingerprint density at radius 1 is 1.67 bits per heavy atom. The quantitative estimate of drug-likeness (QED) is 0.525. The molecule has 1 rings (SSSR count). The summed E-state index contributed by atoms with van der Waals surface area (Å²) in [6.07, 6.45) is -0.776. The van der Waals surface area contributed by atoms with Crippen LogP contribution in [-0.4, -0.2) is 42.3 Å². The summed E-state index contributed by atoms with van der Waals surface area (Å²) >= 11 is 0. The third kappa shape index (κ3) is 3.17. The molecular formula is C9H16N2O4. The van der Waals surface area contributed by atoms with Crippen molar-refractivity contribution in [2.45, 2.75) is 25.6 Å². The second kappa shape index (κ2) is 5.09. The Kier molecular flexibility index (Phi) is 4.05. The molecule has 0 aliphatic carbocycles. The topological polar surface area (TPSA) is 102 Å². The summed E-state index contributed by atoms with van der Waals surface area (Å²) in [7, 11) is 0. The molecule has 6 nitrogen and oxygen atoms in total. The van der Waals surface area contributed by atoms with E-state index in [1.54, 1.807) is 0 Å². The Hall–Kier alpha value is -1.14. The summed E-state index contributed by atoms with van der Waals surface area (Å²) in [4.78, 5) is 22.0. The summed E-state index contributed by atoms with van der Waals surface area (Å²) in [6, 6.07) is 0. The van der Waals surface area contributed by atoms with E-state index in [1.807, 2.05) is 6.92 Å². The van der Waals surface area contributed by atoms with Crippen LogP contribution >= 0.6 is 0 Å². The third-order valence-corrected chi connectivity index (χ3v) is 2.51. The SMILES string of the molecule is CC1OCCC1C(=O)NCC(O)C(N)=O. The van der Waals surface area contributed by atoms with Crippen LogP contribution in [-0.2, 0) is 14.3 Å². The molecule has 2 amide bonds. The summed E-state index contributed by atoms with van der Waals surface area (Å²) in [6.45, 7) is 2.25. The highest BCUT2D eigenvalue weighted by Gasteiger charge is 2.30. The minimum Gasteiger partial charge on any atom is -0.381 e. The number of hydrogen-bond acceptors (Lipinski definition) is 4. The molecule has 0 bridgehead atoms. The largest absolute Gasteiger partial charge is 0.381 e. The number of rotatable bonds is 4. The second-order valence-corrected chi connectivity index (χ2v) is 3.63. The Balaban J connectivity index is 2.32. The van der Waals surface area contributed by atoms with Gasteiger partial charge in [0, 0.05) is 6.61 Å². The fraction of sp³-hybridized carbons (Fsp3) is 0.778. The van der Waals surface area contributed by atoms with E-state index in [0.29, 0.717) is 13.0 Å². The molecular weight excluding hydrogens is 200 g/mol. The van der Waals surface area contributed by atoms with E-state index in [4.69, 9.17) is 15.6 Å². The van der Waals surface area contributed by atoms with Crippen molar-refractivity contribution in [1.29, 1.82) is 0 Å². The lowest BCUT2D eigenvalue weighted by molar-refractivity contribution is -0.129. The van der Waals surface area contributed by atoms with Crippen LogP contribution in [0.5, 0.6) is 0 Å². The van der Waals surface area contributed by atoms with E-state index in [0.717, 1.165) is 0 Å². The molecule has 0 aromatic carbocycles. The molecule has 1 saturated heterocycles. The summed E-state index contributed by atoms with van der Waals surface area (Å²) in [5.74, 6) is -1.25. The molecule has 15 heavy (non-hydrogen) atoms. The lowest BCUT2D eigenvalue weighted by Gasteiger charge is -2.15. The Morgan fingerprint density at radius 2 is 2.33 bits per heavy atom. The lowest BCUT2D eigenvalue weighted by Crippen LogP contribution is -2.43. The maximum atomic E-state index is 11.5. The van der Waals surface area contributed by atoms with Gasteiger partial charge >= 0.3 is 0 Å². The van der Waals surface area contributed by atoms with Gasteiger partial charge in [0.15, 0.2) is 0 Å². The van der Waals surface area contributed by atoms with Crippen molar-refractivity contribution in [3.05, 3.63) is 0 Å². The number of nitrogens with two attached hydrogens (primary N) is 1. The van der Waals surface area contributed by atoms with Crippen LogP contribution < -0.4 is 11.1 Å². The van der Waals surface area contributed by atoms with Crippen molar-refractivity contribution in [2.75, 3.05) is 13.2 Å². The van der Waals surface area contributed by atoms with E-state index < -0.39 is 12.0 Å². The number of carbonyl (C=O) groups is 2. The maximum absolute atomic E-state index is 11.5. The molecule has 4 N–H and O–H groups in total. The number of aliphatic hydroxyl groups is 1. The van der Waals surface area contributed by atoms with Gasteiger partial charge in [0.1, 0.15) is 6.10 Å². The van der Waals surface area contributed by atoms with Crippen molar-refractivity contribution in [3.8, 4) is 0 Å². The first-order valence-electron chi connectivity index (χ1n) is 4.89. The third-order valence-electron chi connectivity index (χ3n) is 2.51. The van der Waals surface area contributed by atoms with Gasteiger partial charge in [0.2, 0.25) is 11.8 Å². The molecule has 6 heteroatoms. The number of ether oxygens (including phenoxy) is 1. The molecule has 0 spiro atoms. The molecule has 3 unspecified atom stereocenters. The first kappa shape index (κ1) is 11.9. The van der Waals surface area contributed by atoms with Crippen molar-refractivity contribution >= 4 is 11.8 Å². The molecule has 0 aromatic rings. The van der Waals surface area contributed by atoms with Crippen LogP contribution in [0.4, 0.5) is 0 Å². The van der Waals surface area contributed by atoms with Gasteiger partial charge in [-0.1, -0.05) is 0 Å². The average molecular weight is 216 g/mol. The standard InChI is InChI=1S/C9H16N2O4/c1-5-6(2-3-15-5)9(14)11-4-7(12)8(10)13/h5-7,12H,2-4H2,1H3,(H2,10,13)(H,11,14). The number of aliphatic hydroxyl groups excluding tert-OH is 1. The first-order valence-corrected chi connectivity index (χ1v) is 4.89. The molecule has 1 aliphatic rings. The minimum atomic E-state index is -1.33. The van der Waals surface area contributed by atoms with Crippen LogP contribution in [0.15, 0.2) is 0 Å². The lowest BCUT2D eigenvalue weighted by atomic mass is 10.0. The molecule has 1 fully saturated rings. The molecule has 1 heterocycles. The predicted molar refractivity (Wildman–Crippen MR) is 51.7 cm³/mol. The van der Waals surface area contributed by atoms with Crippen LogP contribution in [0.2, 0.25) is 0 Å². The van der Waals surface area contributed by atoms with Gasteiger partial charge in [-0.05, 0) is 13.3 Å².